The fourth-order valence-electron chi connectivity index (χ4n) is 7.20. The SMILES string of the molecule is N#C[C@H](C[C@@H]1CCCNC1=O)NC(=O)[C@@H]1[C@H]2CCC(F)(F)[C@H]2CN1C(=O)C1(O)c2ccccc2-c2ccccc21. The first-order valence-electron chi connectivity index (χ1n) is 13.7. The zero-order chi connectivity index (χ0) is 28.2. The third-order valence-corrected chi connectivity index (χ3v) is 9.16. The minimum atomic E-state index is -3.07. The molecule has 2 saturated heterocycles. The molecule has 0 radical (unpaired) electrons. The molecule has 5 atom stereocenters. The van der Waals surface area contributed by atoms with Crippen LogP contribution in [0.25, 0.3) is 11.1 Å². The molecule has 3 amide bonds. The van der Waals surface area contributed by atoms with Gasteiger partial charge in [0.2, 0.25) is 11.8 Å². The Labute approximate surface area is 230 Å². The Morgan fingerprint density at radius 3 is 2.40 bits per heavy atom. The number of nitrogens with one attached hydrogen (secondary N) is 2. The van der Waals surface area contributed by atoms with Gasteiger partial charge >= 0.3 is 0 Å². The summed E-state index contributed by atoms with van der Waals surface area (Å²) in [5.41, 5.74) is -0.163. The van der Waals surface area contributed by atoms with Gasteiger partial charge in [-0.2, -0.15) is 5.26 Å². The largest absolute Gasteiger partial charge is 0.372 e. The van der Waals surface area contributed by atoms with Crippen molar-refractivity contribution in [2.45, 2.75) is 55.7 Å². The van der Waals surface area contributed by atoms with Crippen molar-refractivity contribution in [1.29, 1.82) is 5.26 Å². The monoisotopic (exact) mass is 548 g/mol. The number of carbonyl (C=O) groups is 3. The maximum absolute atomic E-state index is 15.0. The van der Waals surface area contributed by atoms with E-state index in [4.69, 9.17) is 0 Å². The summed E-state index contributed by atoms with van der Waals surface area (Å²) < 4.78 is 30.0. The van der Waals surface area contributed by atoms with Crippen LogP contribution in [0, 0.1) is 29.1 Å². The van der Waals surface area contributed by atoms with E-state index in [0.29, 0.717) is 35.2 Å². The number of likely N-dealkylation sites (tertiary alicyclic amines) is 1. The number of hydrogen-bond donors (Lipinski definition) is 3. The van der Waals surface area contributed by atoms with E-state index in [2.05, 4.69) is 10.6 Å². The van der Waals surface area contributed by atoms with Gasteiger partial charge in [0.15, 0.2) is 5.60 Å². The van der Waals surface area contributed by atoms with Crippen LogP contribution in [0.15, 0.2) is 48.5 Å². The van der Waals surface area contributed by atoms with Crippen molar-refractivity contribution in [1.82, 2.24) is 15.5 Å². The second-order valence-electron chi connectivity index (χ2n) is 11.3. The molecule has 0 spiro atoms. The molecule has 208 valence electrons. The summed E-state index contributed by atoms with van der Waals surface area (Å²) >= 11 is 0. The zero-order valence-corrected chi connectivity index (χ0v) is 21.8. The van der Waals surface area contributed by atoms with Crippen molar-refractivity contribution < 1.29 is 28.3 Å². The molecule has 6 rings (SSSR count). The number of amides is 3. The Bertz CT molecular complexity index is 1380. The quantitative estimate of drug-likeness (QED) is 0.531. The van der Waals surface area contributed by atoms with E-state index in [1.54, 1.807) is 48.5 Å². The van der Waals surface area contributed by atoms with Crippen LogP contribution in [0.3, 0.4) is 0 Å². The molecule has 2 aliphatic heterocycles. The number of carbonyl (C=O) groups excluding carboxylic acids is 3. The van der Waals surface area contributed by atoms with Crippen LogP contribution in [0.5, 0.6) is 0 Å². The van der Waals surface area contributed by atoms with Crippen LogP contribution in [0.4, 0.5) is 8.78 Å². The summed E-state index contributed by atoms with van der Waals surface area (Å²) in [6, 6.07) is 13.5. The maximum Gasteiger partial charge on any atom is 0.264 e. The van der Waals surface area contributed by atoms with Crippen molar-refractivity contribution in [3.05, 3.63) is 59.7 Å². The highest BCUT2D eigenvalue weighted by atomic mass is 19.3. The highest BCUT2D eigenvalue weighted by molar-refractivity contribution is 6.01. The molecule has 0 aromatic heterocycles. The van der Waals surface area contributed by atoms with Crippen molar-refractivity contribution in [2.24, 2.45) is 17.8 Å². The lowest BCUT2D eigenvalue weighted by atomic mass is 9.88. The number of halogens is 2. The number of hydrogen-bond acceptors (Lipinski definition) is 5. The van der Waals surface area contributed by atoms with Crippen LogP contribution in [0.1, 0.15) is 43.2 Å². The standard InChI is InChI=1S/C30H30F2N4O4/c31-29(32)12-11-21-24(29)16-36(25(21)27(38)35-18(15-33)14-17-6-5-13-34-26(17)37)28(39)30(40)22-9-3-1-7-19(22)20-8-2-4-10-23(20)30/h1-4,7-10,17-18,21,24-25,40H,5-6,11-14,16H2,(H,34,37)(H,35,38)/t17-,18-,21-,24-,25-/m0/s1. The van der Waals surface area contributed by atoms with Crippen LogP contribution in [0.2, 0.25) is 0 Å². The van der Waals surface area contributed by atoms with Gasteiger partial charge in [0.1, 0.15) is 12.1 Å². The van der Waals surface area contributed by atoms with E-state index < -0.39 is 59.6 Å². The average molecular weight is 549 g/mol. The number of fused-ring (bicyclic) bond motifs is 4. The van der Waals surface area contributed by atoms with E-state index in [0.717, 1.165) is 11.3 Å². The van der Waals surface area contributed by atoms with Crippen LogP contribution in [-0.2, 0) is 20.0 Å². The van der Waals surface area contributed by atoms with Crippen molar-refractivity contribution in [3.8, 4) is 17.2 Å². The molecule has 2 aliphatic carbocycles. The molecule has 1 saturated carbocycles. The van der Waals surface area contributed by atoms with Gasteiger partial charge in [0.25, 0.3) is 11.8 Å². The molecule has 0 bridgehead atoms. The smallest absolute Gasteiger partial charge is 0.264 e. The molecule has 2 heterocycles. The summed E-state index contributed by atoms with van der Waals surface area (Å²) in [6.07, 6.45) is 1.07. The third kappa shape index (κ3) is 3.98. The lowest BCUT2D eigenvalue weighted by Gasteiger charge is -2.34. The molecular formula is C30H30F2N4O4. The normalized spacial score (nSPS) is 28.1. The second-order valence-corrected chi connectivity index (χ2v) is 11.3. The zero-order valence-electron chi connectivity index (χ0n) is 21.8. The Morgan fingerprint density at radius 2 is 1.77 bits per heavy atom. The Hall–Kier alpha value is -3.84. The number of piperidine rings is 1. The summed E-state index contributed by atoms with van der Waals surface area (Å²) in [5, 5.41) is 27.3. The first kappa shape index (κ1) is 26.4. The number of rotatable bonds is 5. The molecular weight excluding hydrogens is 518 g/mol. The van der Waals surface area contributed by atoms with E-state index in [9.17, 15) is 33.5 Å². The number of aliphatic hydroxyl groups is 1. The molecule has 3 fully saturated rings. The molecule has 2 aromatic rings. The molecule has 2 aromatic carbocycles. The third-order valence-electron chi connectivity index (χ3n) is 9.16. The van der Waals surface area contributed by atoms with Gasteiger partial charge in [0, 0.05) is 42.5 Å². The first-order valence-corrected chi connectivity index (χ1v) is 13.7. The van der Waals surface area contributed by atoms with E-state index in [1.165, 1.54) is 0 Å². The van der Waals surface area contributed by atoms with Gasteiger partial charge in [-0.3, -0.25) is 14.4 Å². The molecule has 10 heteroatoms. The highest BCUT2D eigenvalue weighted by Crippen LogP contribution is 2.54. The highest BCUT2D eigenvalue weighted by Gasteiger charge is 2.63. The molecule has 8 nitrogen and oxygen atoms in total. The fourth-order valence-corrected chi connectivity index (χ4v) is 7.20. The summed E-state index contributed by atoms with van der Waals surface area (Å²) in [6.45, 7) is 0.175. The first-order chi connectivity index (χ1) is 19.2. The predicted molar refractivity (Wildman–Crippen MR) is 139 cm³/mol. The maximum atomic E-state index is 15.0. The van der Waals surface area contributed by atoms with Gasteiger partial charge < -0.3 is 20.6 Å². The number of benzene rings is 2. The molecule has 3 N–H and O–H groups in total. The Balaban J connectivity index is 1.33. The van der Waals surface area contributed by atoms with Crippen molar-refractivity contribution >= 4 is 17.7 Å². The minimum Gasteiger partial charge on any atom is -0.372 e. The van der Waals surface area contributed by atoms with E-state index in [-0.39, 0.29) is 25.3 Å². The average Bonchev–Trinajstić information content (AvgIpc) is 3.58. The summed E-state index contributed by atoms with van der Waals surface area (Å²) in [5.74, 6) is -7.33. The predicted octanol–water partition coefficient (Wildman–Crippen LogP) is 2.70. The van der Waals surface area contributed by atoms with Crippen LogP contribution in [-0.4, -0.2) is 58.8 Å². The summed E-state index contributed by atoms with van der Waals surface area (Å²) in [7, 11) is 0. The van der Waals surface area contributed by atoms with Gasteiger partial charge in [0.05, 0.1) is 6.07 Å². The molecule has 0 unspecified atom stereocenters. The van der Waals surface area contributed by atoms with Crippen molar-refractivity contribution in [3.63, 3.8) is 0 Å². The van der Waals surface area contributed by atoms with Gasteiger partial charge in [-0.25, -0.2) is 8.78 Å². The van der Waals surface area contributed by atoms with Crippen LogP contribution < -0.4 is 10.6 Å². The Morgan fingerprint density at radius 1 is 1.12 bits per heavy atom. The van der Waals surface area contributed by atoms with Gasteiger partial charge in [-0.15, -0.1) is 0 Å². The van der Waals surface area contributed by atoms with Gasteiger partial charge in [-0.05, 0) is 42.7 Å². The topological polar surface area (TPSA) is 123 Å². The van der Waals surface area contributed by atoms with E-state index >= 15 is 0 Å². The fraction of sp³-hybridized carbons (Fsp3) is 0.467. The Kier molecular flexibility index (Phi) is 6.37. The lowest BCUT2D eigenvalue weighted by Crippen LogP contribution is -2.56. The van der Waals surface area contributed by atoms with Crippen LogP contribution >= 0.6 is 0 Å². The molecule has 40 heavy (non-hydrogen) atoms. The molecule has 4 aliphatic rings. The van der Waals surface area contributed by atoms with Gasteiger partial charge in [-0.1, -0.05) is 48.5 Å². The second kappa shape index (κ2) is 9.66. The lowest BCUT2D eigenvalue weighted by molar-refractivity contribution is -0.153. The summed E-state index contributed by atoms with van der Waals surface area (Å²) in [4.78, 5) is 41.4. The van der Waals surface area contributed by atoms with E-state index in [1.807, 2.05) is 6.07 Å². The number of nitriles is 1. The number of nitrogens with zero attached hydrogens (tertiary/aromatic N) is 2. The minimum absolute atomic E-state index is 0.0351. The van der Waals surface area contributed by atoms with Crippen molar-refractivity contribution in [2.75, 3.05) is 13.1 Å². The number of alkyl halides is 2.